The fourth-order valence-electron chi connectivity index (χ4n) is 4.46. The molecule has 36 heavy (non-hydrogen) atoms. The normalized spacial score (nSPS) is 28.1. The van der Waals surface area contributed by atoms with E-state index in [-0.39, 0.29) is 25.3 Å². The average Bonchev–Trinajstić information content (AvgIpc) is 3.53. The summed E-state index contributed by atoms with van der Waals surface area (Å²) >= 11 is 1.30. The maximum atomic E-state index is 13.4. The number of benzene rings is 1. The number of thiazole rings is 1. The number of terminal acetylenes is 1. The molecule has 4 rings (SSSR count). The highest BCUT2D eigenvalue weighted by molar-refractivity contribution is 7.07. The van der Waals surface area contributed by atoms with Gasteiger partial charge in [0.1, 0.15) is 12.2 Å². The molecule has 1 aromatic heterocycles. The molecule has 0 saturated carbocycles. The number of ether oxygens (including phenoxy) is 5. The Balaban J connectivity index is 1.66. The van der Waals surface area contributed by atoms with Crippen LogP contribution in [0.5, 0.6) is 0 Å². The van der Waals surface area contributed by atoms with E-state index in [0.717, 1.165) is 0 Å². The first-order chi connectivity index (χ1) is 17.0. The lowest BCUT2D eigenvalue weighted by molar-refractivity contribution is -0.384. The number of esters is 1. The van der Waals surface area contributed by atoms with Gasteiger partial charge in [0, 0.05) is 23.9 Å². The Hall–Kier alpha value is -2.88. The lowest BCUT2D eigenvalue weighted by Crippen LogP contribution is -2.47. The van der Waals surface area contributed by atoms with E-state index < -0.39 is 46.2 Å². The third-order valence-corrected chi connectivity index (χ3v) is 7.05. The highest BCUT2D eigenvalue weighted by Crippen LogP contribution is 2.48. The number of rotatable bonds is 9. The van der Waals surface area contributed by atoms with Crippen molar-refractivity contribution < 1.29 is 33.4 Å². The molecule has 0 amide bonds. The summed E-state index contributed by atoms with van der Waals surface area (Å²) < 4.78 is 29.8. The zero-order valence-corrected chi connectivity index (χ0v) is 21.3. The smallest absolute Gasteiger partial charge is 0.345 e. The summed E-state index contributed by atoms with van der Waals surface area (Å²) in [6.45, 7) is 7.15. The summed E-state index contributed by atoms with van der Waals surface area (Å²) in [5, 5.41) is 12.8. The number of aromatic nitrogens is 1. The predicted molar refractivity (Wildman–Crippen MR) is 129 cm³/mol. The molecule has 11 heteroatoms. The molecule has 1 aromatic carbocycles. The van der Waals surface area contributed by atoms with Crippen molar-refractivity contribution >= 4 is 23.0 Å². The largest absolute Gasteiger partial charge is 0.464 e. The molecule has 3 heterocycles. The minimum atomic E-state index is -1.64. The minimum absolute atomic E-state index is 0.0277. The molecular weight excluding hydrogens is 488 g/mol. The molecule has 0 N–H and O–H groups in total. The van der Waals surface area contributed by atoms with E-state index in [9.17, 15) is 14.9 Å². The molecule has 0 spiro atoms. The number of hydrogen-bond acceptors (Lipinski definition) is 10. The van der Waals surface area contributed by atoms with Crippen molar-refractivity contribution in [2.45, 2.75) is 64.0 Å². The quantitative estimate of drug-likeness (QED) is 0.213. The van der Waals surface area contributed by atoms with Gasteiger partial charge in [-0.25, -0.2) is 9.78 Å². The topological polar surface area (TPSA) is 119 Å². The van der Waals surface area contributed by atoms with E-state index in [1.807, 2.05) is 6.92 Å². The summed E-state index contributed by atoms with van der Waals surface area (Å²) in [4.78, 5) is 28.4. The van der Waals surface area contributed by atoms with Gasteiger partial charge in [0.15, 0.2) is 12.1 Å². The van der Waals surface area contributed by atoms with Crippen LogP contribution in [0, 0.1) is 27.9 Å². The van der Waals surface area contributed by atoms with E-state index in [1.165, 1.54) is 23.5 Å². The second-order valence-electron chi connectivity index (χ2n) is 9.31. The van der Waals surface area contributed by atoms with Crippen LogP contribution in [0.4, 0.5) is 5.69 Å². The summed E-state index contributed by atoms with van der Waals surface area (Å²) in [6.07, 6.45) is 4.10. The van der Waals surface area contributed by atoms with Crippen molar-refractivity contribution in [1.29, 1.82) is 0 Å². The van der Waals surface area contributed by atoms with Gasteiger partial charge >= 0.3 is 5.97 Å². The summed E-state index contributed by atoms with van der Waals surface area (Å²) in [5.74, 6) is 1.31. The number of nitro benzene ring substituents is 1. The standard InChI is InChI=1S/C25H28N2O8S/c1-6-24(5)19(33-21-20(24)34-23(3,4)35-21)13-32-25(22(28)31-7-2,18-14-36-15-26-18)12-16-8-10-17(11-9-16)27(29)30/h1,8-11,14-15,19-21H,7,12-13H2,2-5H3/t19-,20+,21-,24+,25?/m1/s1. The van der Waals surface area contributed by atoms with Gasteiger partial charge in [-0.15, -0.1) is 17.8 Å². The first-order valence-electron chi connectivity index (χ1n) is 11.5. The molecule has 10 nitrogen and oxygen atoms in total. The van der Waals surface area contributed by atoms with E-state index in [2.05, 4.69) is 10.9 Å². The molecular formula is C25H28N2O8S. The Morgan fingerprint density at radius 1 is 1.31 bits per heavy atom. The molecule has 2 fully saturated rings. The van der Waals surface area contributed by atoms with Crippen LogP contribution in [-0.4, -0.2) is 53.4 Å². The Labute approximate surface area is 213 Å². The van der Waals surface area contributed by atoms with Gasteiger partial charge in [-0.2, -0.15) is 0 Å². The Morgan fingerprint density at radius 2 is 2.03 bits per heavy atom. The number of nitrogens with zero attached hydrogens (tertiary/aromatic N) is 2. The SMILES string of the molecule is C#C[C@@]1(C)[C@@H](COC(Cc2ccc([N+](=O)[O-])cc2)(C(=O)OCC)c2cscn2)O[C@@H]2OC(C)(C)O[C@@H]21. The zero-order valence-electron chi connectivity index (χ0n) is 20.5. The van der Waals surface area contributed by atoms with Crippen LogP contribution >= 0.6 is 11.3 Å². The van der Waals surface area contributed by atoms with Gasteiger partial charge in [-0.3, -0.25) is 10.1 Å². The molecule has 0 radical (unpaired) electrons. The Morgan fingerprint density at radius 3 is 2.61 bits per heavy atom. The van der Waals surface area contributed by atoms with Gasteiger partial charge in [-0.1, -0.05) is 18.1 Å². The van der Waals surface area contributed by atoms with Crippen molar-refractivity contribution in [3.63, 3.8) is 0 Å². The van der Waals surface area contributed by atoms with Crippen LogP contribution < -0.4 is 0 Å². The van der Waals surface area contributed by atoms with Gasteiger partial charge < -0.3 is 23.7 Å². The predicted octanol–water partition coefficient (Wildman–Crippen LogP) is 3.58. The minimum Gasteiger partial charge on any atom is -0.464 e. The molecule has 5 atom stereocenters. The maximum absolute atomic E-state index is 13.4. The number of non-ortho nitro benzene ring substituents is 1. The fraction of sp³-hybridized carbons (Fsp3) is 0.520. The highest BCUT2D eigenvalue weighted by atomic mass is 32.1. The molecule has 0 aliphatic carbocycles. The van der Waals surface area contributed by atoms with Crippen molar-refractivity contribution in [2.75, 3.05) is 13.2 Å². The van der Waals surface area contributed by atoms with Crippen LogP contribution in [0.1, 0.15) is 39.0 Å². The van der Waals surface area contributed by atoms with Gasteiger partial charge in [0.2, 0.25) is 5.60 Å². The van der Waals surface area contributed by atoms with E-state index >= 15 is 0 Å². The maximum Gasteiger partial charge on any atom is 0.345 e. The van der Waals surface area contributed by atoms with Gasteiger partial charge in [0.25, 0.3) is 5.69 Å². The second-order valence-corrected chi connectivity index (χ2v) is 10.0. The van der Waals surface area contributed by atoms with Crippen molar-refractivity contribution in [2.24, 2.45) is 5.41 Å². The second kappa shape index (κ2) is 9.88. The summed E-state index contributed by atoms with van der Waals surface area (Å²) in [6, 6.07) is 5.90. The molecule has 2 aliphatic heterocycles. The summed E-state index contributed by atoms with van der Waals surface area (Å²) in [5.41, 5.74) is -0.0158. The number of carbonyl (C=O) groups excluding carboxylic acids is 1. The van der Waals surface area contributed by atoms with E-state index in [0.29, 0.717) is 11.3 Å². The van der Waals surface area contributed by atoms with Gasteiger partial charge in [0.05, 0.1) is 34.8 Å². The van der Waals surface area contributed by atoms with E-state index in [1.54, 1.807) is 43.8 Å². The van der Waals surface area contributed by atoms with Crippen molar-refractivity contribution in [3.05, 3.63) is 56.5 Å². The van der Waals surface area contributed by atoms with Crippen LogP contribution in [0.25, 0.3) is 0 Å². The van der Waals surface area contributed by atoms with Crippen LogP contribution in [0.15, 0.2) is 35.2 Å². The molecule has 0 bridgehead atoms. The van der Waals surface area contributed by atoms with Gasteiger partial charge in [-0.05, 0) is 33.3 Å². The third-order valence-electron chi connectivity index (χ3n) is 6.46. The molecule has 1 unspecified atom stereocenters. The fourth-order valence-corrected chi connectivity index (χ4v) is 5.08. The highest BCUT2D eigenvalue weighted by Gasteiger charge is 2.61. The summed E-state index contributed by atoms with van der Waals surface area (Å²) in [7, 11) is 0. The monoisotopic (exact) mass is 516 g/mol. The zero-order chi connectivity index (χ0) is 26.1. The van der Waals surface area contributed by atoms with Crippen LogP contribution in [0.3, 0.4) is 0 Å². The number of fused-ring (bicyclic) bond motifs is 1. The first kappa shape index (κ1) is 26.2. The third kappa shape index (κ3) is 4.75. The Bertz CT molecular complexity index is 1150. The lowest BCUT2D eigenvalue weighted by atomic mass is 9.81. The molecule has 2 aliphatic rings. The van der Waals surface area contributed by atoms with E-state index in [4.69, 9.17) is 30.1 Å². The van der Waals surface area contributed by atoms with Crippen molar-refractivity contribution in [3.8, 4) is 12.3 Å². The molecule has 192 valence electrons. The Kier molecular flexibility index (Phi) is 7.19. The first-order valence-corrected chi connectivity index (χ1v) is 12.4. The average molecular weight is 517 g/mol. The van der Waals surface area contributed by atoms with Crippen LogP contribution in [-0.2, 0) is 40.5 Å². The number of carbonyl (C=O) groups is 1. The lowest BCUT2D eigenvalue weighted by Gasteiger charge is -2.35. The molecule has 2 aromatic rings. The van der Waals surface area contributed by atoms with Crippen LogP contribution in [0.2, 0.25) is 0 Å². The number of hydrogen-bond donors (Lipinski definition) is 0. The molecule has 2 saturated heterocycles. The van der Waals surface area contributed by atoms with Crippen molar-refractivity contribution in [1.82, 2.24) is 4.98 Å². The number of nitro groups is 1.